The third-order valence-corrected chi connectivity index (χ3v) is 2.54. The molecule has 0 amide bonds. The lowest BCUT2D eigenvalue weighted by atomic mass is 10.1. The summed E-state index contributed by atoms with van der Waals surface area (Å²) in [5, 5.41) is 13.6. The van der Waals surface area contributed by atoms with Gasteiger partial charge in [-0.25, -0.2) is 0 Å². The van der Waals surface area contributed by atoms with Crippen LogP contribution in [0.1, 0.15) is 25.5 Å². The van der Waals surface area contributed by atoms with Gasteiger partial charge in [0.25, 0.3) is 0 Å². The van der Waals surface area contributed by atoms with E-state index in [1.165, 1.54) is 0 Å². The van der Waals surface area contributed by atoms with Gasteiger partial charge in [-0.15, -0.1) is 0 Å². The molecular weight excluding hydrogens is 233 g/mol. The van der Waals surface area contributed by atoms with E-state index < -0.39 is 0 Å². The van der Waals surface area contributed by atoms with Crippen LogP contribution >= 0.6 is 23.2 Å². The molecular formula is C11H15Cl2NO. The third kappa shape index (κ3) is 4.39. The van der Waals surface area contributed by atoms with Gasteiger partial charge >= 0.3 is 0 Å². The van der Waals surface area contributed by atoms with Gasteiger partial charge in [0, 0.05) is 22.6 Å². The molecule has 1 aromatic rings. The Bertz CT molecular complexity index is 308. The predicted molar refractivity (Wildman–Crippen MR) is 64.6 cm³/mol. The number of hydrogen-bond acceptors (Lipinski definition) is 2. The fraction of sp³-hybridized carbons (Fsp3) is 0.455. The van der Waals surface area contributed by atoms with Crippen molar-refractivity contribution in [2.45, 2.75) is 26.0 Å². The van der Waals surface area contributed by atoms with Crippen molar-refractivity contribution in [1.29, 1.82) is 0 Å². The molecule has 4 heteroatoms. The van der Waals surface area contributed by atoms with Crippen LogP contribution in [-0.2, 0) is 0 Å². The zero-order chi connectivity index (χ0) is 11.4. The molecule has 0 spiro atoms. The molecule has 1 aromatic carbocycles. The van der Waals surface area contributed by atoms with Crippen LogP contribution in [0, 0.1) is 0 Å². The fourth-order valence-corrected chi connectivity index (χ4v) is 1.83. The molecule has 0 bridgehead atoms. The second-order valence-corrected chi connectivity index (χ2v) is 4.55. The van der Waals surface area contributed by atoms with Crippen molar-refractivity contribution in [3.8, 4) is 0 Å². The Morgan fingerprint density at radius 3 is 2.20 bits per heavy atom. The van der Waals surface area contributed by atoms with Crippen molar-refractivity contribution in [2.24, 2.45) is 0 Å². The number of rotatable bonds is 4. The van der Waals surface area contributed by atoms with Crippen LogP contribution in [0.5, 0.6) is 0 Å². The number of hydrogen-bond donors (Lipinski definition) is 2. The minimum Gasteiger partial charge on any atom is -0.392 e. The highest BCUT2D eigenvalue weighted by Gasteiger charge is 2.07. The van der Waals surface area contributed by atoms with Crippen molar-refractivity contribution in [3.05, 3.63) is 33.8 Å². The first kappa shape index (κ1) is 12.8. The van der Waals surface area contributed by atoms with Crippen LogP contribution < -0.4 is 5.32 Å². The predicted octanol–water partition coefficient (Wildman–Crippen LogP) is 3.02. The van der Waals surface area contributed by atoms with Crippen molar-refractivity contribution in [3.63, 3.8) is 0 Å². The normalized spacial score (nSPS) is 15.0. The molecule has 0 fully saturated rings. The Hall–Kier alpha value is -0.280. The molecule has 2 atom stereocenters. The Balaban J connectivity index is 2.68. The van der Waals surface area contributed by atoms with Gasteiger partial charge in [-0.05, 0) is 37.6 Å². The Morgan fingerprint density at radius 1 is 1.20 bits per heavy atom. The van der Waals surface area contributed by atoms with E-state index in [4.69, 9.17) is 28.3 Å². The summed E-state index contributed by atoms with van der Waals surface area (Å²) in [5.41, 5.74) is 1.02. The average Bonchev–Trinajstić information content (AvgIpc) is 2.12. The number of halogens is 2. The van der Waals surface area contributed by atoms with Crippen molar-refractivity contribution >= 4 is 23.2 Å². The summed E-state index contributed by atoms with van der Waals surface area (Å²) >= 11 is 11.8. The van der Waals surface area contributed by atoms with E-state index >= 15 is 0 Å². The van der Waals surface area contributed by atoms with E-state index in [2.05, 4.69) is 5.32 Å². The molecule has 0 aromatic heterocycles. The van der Waals surface area contributed by atoms with Gasteiger partial charge in [0.2, 0.25) is 0 Å². The highest BCUT2D eigenvalue weighted by Crippen LogP contribution is 2.23. The molecule has 15 heavy (non-hydrogen) atoms. The van der Waals surface area contributed by atoms with Gasteiger partial charge in [0.1, 0.15) is 0 Å². The first-order chi connectivity index (χ1) is 6.99. The number of aliphatic hydroxyl groups excluding tert-OH is 1. The van der Waals surface area contributed by atoms with E-state index in [-0.39, 0.29) is 12.1 Å². The Morgan fingerprint density at radius 2 is 1.73 bits per heavy atom. The van der Waals surface area contributed by atoms with E-state index in [0.29, 0.717) is 16.6 Å². The minimum atomic E-state index is -0.359. The molecule has 0 aliphatic heterocycles. The largest absolute Gasteiger partial charge is 0.392 e. The van der Waals surface area contributed by atoms with Crippen LogP contribution in [0.3, 0.4) is 0 Å². The maximum atomic E-state index is 9.14. The first-order valence-electron chi connectivity index (χ1n) is 4.86. The number of benzene rings is 1. The van der Waals surface area contributed by atoms with E-state index in [9.17, 15) is 0 Å². The average molecular weight is 248 g/mol. The van der Waals surface area contributed by atoms with Gasteiger partial charge in [0.05, 0.1) is 6.10 Å². The molecule has 1 unspecified atom stereocenters. The Kier molecular flexibility index (Phi) is 4.87. The quantitative estimate of drug-likeness (QED) is 0.858. The van der Waals surface area contributed by atoms with Crippen LogP contribution in [0.15, 0.2) is 18.2 Å². The van der Waals surface area contributed by atoms with Crippen LogP contribution in [-0.4, -0.2) is 17.8 Å². The lowest BCUT2D eigenvalue weighted by Gasteiger charge is -2.16. The fourth-order valence-electron chi connectivity index (χ4n) is 1.29. The van der Waals surface area contributed by atoms with Crippen LogP contribution in [0.25, 0.3) is 0 Å². The van der Waals surface area contributed by atoms with E-state index in [1.54, 1.807) is 13.0 Å². The monoisotopic (exact) mass is 247 g/mol. The van der Waals surface area contributed by atoms with Gasteiger partial charge in [-0.2, -0.15) is 0 Å². The summed E-state index contributed by atoms with van der Waals surface area (Å²) in [5.74, 6) is 0. The van der Waals surface area contributed by atoms with Crippen LogP contribution in [0.2, 0.25) is 10.0 Å². The summed E-state index contributed by atoms with van der Waals surface area (Å²) in [7, 11) is 0. The summed E-state index contributed by atoms with van der Waals surface area (Å²) in [6.07, 6.45) is -0.359. The number of nitrogens with one attached hydrogen (secondary N) is 1. The lowest BCUT2D eigenvalue weighted by molar-refractivity contribution is 0.187. The van der Waals surface area contributed by atoms with Crippen molar-refractivity contribution in [1.82, 2.24) is 5.32 Å². The van der Waals surface area contributed by atoms with E-state index in [0.717, 1.165) is 5.56 Å². The molecule has 0 aliphatic carbocycles. The SMILES string of the molecule is CC(NC[C@@H](C)O)c1cc(Cl)cc(Cl)c1. The zero-order valence-electron chi connectivity index (χ0n) is 8.80. The third-order valence-electron chi connectivity index (χ3n) is 2.10. The highest BCUT2D eigenvalue weighted by atomic mass is 35.5. The lowest BCUT2D eigenvalue weighted by Crippen LogP contribution is -2.27. The summed E-state index contributed by atoms with van der Waals surface area (Å²) in [6, 6.07) is 5.56. The molecule has 2 N–H and O–H groups in total. The summed E-state index contributed by atoms with van der Waals surface area (Å²) in [4.78, 5) is 0. The molecule has 0 radical (unpaired) electrons. The van der Waals surface area contributed by atoms with Gasteiger partial charge < -0.3 is 10.4 Å². The van der Waals surface area contributed by atoms with Gasteiger partial charge in [-0.3, -0.25) is 0 Å². The minimum absolute atomic E-state index is 0.121. The maximum absolute atomic E-state index is 9.14. The smallest absolute Gasteiger partial charge is 0.0636 e. The van der Waals surface area contributed by atoms with E-state index in [1.807, 2.05) is 19.1 Å². The standard InChI is InChI=1S/C11H15Cl2NO/c1-7(15)6-14-8(2)9-3-10(12)5-11(13)4-9/h3-5,7-8,14-15H,6H2,1-2H3/t7-,8?/m1/s1. The van der Waals surface area contributed by atoms with Gasteiger partial charge in [0.15, 0.2) is 0 Å². The number of aliphatic hydroxyl groups is 1. The highest BCUT2D eigenvalue weighted by molar-refractivity contribution is 6.34. The summed E-state index contributed by atoms with van der Waals surface area (Å²) < 4.78 is 0. The molecule has 0 saturated heterocycles. The topological polar surface area (TPSA) is 32.3 Å². The first-order valence-corrected chi connectivity index (χ1v) is 5.62. The van der Waals surface area contributed by atoms with Gasteiger partial charge in [-0.1, -0.05) is 23.2 Å². The zero-order valence-corrected chi connectivity index (χ0v) is 10.3. The Labute approximate surface area is 100 Å². The molecule has 2 nitrogen and oxygen atoms in total. The second kappa shape index (κ2) is 5.71. The van der Waals surface area contributed by atoms with Crippen molar-refractivity contribution in [2.75, 3.05) is 6.54 Å². The molecule has 0 aliphatic rings. The molecule has 1 rings (SSSR count). The van der Waals surface area contributed by atoms with Crippen LogP contribution in [0.4, 0.5) is 0 Å². The summed E-state index contributed by atoms with van der Waals surface area (Å²) in [6.45, 7) is 4.29. The second-order valence-electron chi connectivity index (χ2n) is 3.68. The molecule has 84 valence electrons. The molecule has 0 saturated carbocycles. The molecule has 0 heterocycles. The van der Waals surface area contributed by atoms with Crippen molar-refractivity contribution < 1.29 is 5.11 Å². The maximum Gasteiger partial charge on any atom is 0.0636 e.